The van der Waals surface area contributed by atoms with Gasteiger partial charge >= 0.3 is 12.1 Å². The Balaban J connectivity index is 1.55. The van der Waals surface area contributed by atoms with Gasteiger partial charge in [0.05, 0.1) is 19.4 Å². The molecule has 0 spiro atoms. The van der Waals surface area contributed by atoms with Gasteiger partial charge in [0.15, 0.2) is 5.25 Å². The first-order valence-electron chi connectivity index (χ1n) is 14.3. The van der Waals surface area contributed by atoms with Gasteiger partial charge in [-0.05, 0) is 37.0 Å². The normalized spacial score (nSPS) is 23.5. The number of rotatable bonds is 15. The molecule has 1 heterocycles. The highest BCUT2D eigenvalue weighted by molar-refractivity contribution is 8.13. The van der Waals surface area contributed by atoms with Gasteiger partial charge in [-0.25, -0.2) is 9.59 Å². The summed E-state index contributed by atoms with van der Waals surface area (Å²) in [5.41, 5.74) is 0. The van der Waals surface area contributed by atoms with Crippen LogP contribution in [0.1, 0.15) is 71.1 Å². The Kier molecular flexibility index (Phi) is 12.8. The van der Waals surface area contributed by atoms with E-state index in [-0.39, 0.29) is 35.7 Å². The number of hydroxylamine groups is 2. The Hall–Kier alpha value is -3.16. The largest absolute Gasteiger partial charge is 0.449 e. The molecule has 0 aromatic rings. The molecule has 4 atom stereocenters. The van der Waals surface area contributed by atoms with E-state index in [4.69, 9.17) is 14.1 Å². The zero-order valence-corrected chi connectivity index (χ0v) is 25.5. The van der Waals surface area contributed by atoms with Crippen LogP contribution < -0.4 is 10.6 Å². The predicted molar refractivity (Wildman–Crippen MR) is 152 cm³/mol. The first-order valence-corrected chi connectivity index (χ1v) is 16.8. The lowest BCUT2D eigenvalue weighted by atomic mass is 10.1. The highest BCUT2D eigenvalue weighted by Crippen LogP contribution is 2.52. The van der Waals surface area contributed by atoms with Gasteiger partial charge in [-0.2, -0.15) is 8.42 Å². The summed E-state index contributed by atoms with van der Waals surface area (Å²) < 4.78 is 37.2. The van der Waals surface area contributed by atoms with Crippen LogP contribution in [0.15, 0.2) is 0 Å². The van der Waals surface area contributed by atoms with E-state index in [1.807, 2.05) is 6.92 Å². The summed E-state index contributed by atoms with van der Waals surface area (Å²) in [5.74, 6) is 3.02. The summed E-state index contributed by atoms with van der Waals surface area (Å²) in [4.78, 5) is 79.2. The van der Waals surface area contributed by atoms with Gasteiger partial charge in [-0.15, -0.1) is 16.9 Å². The number of hydrogen-bond donors (Lipinski definition) is 3. The number of fused-ring (bicyclic) bond motifs is 1. The number of alkyl carbamates (subject to hydrolysis) is 1. The first-order chi connectivity index (χ1) is 20.4. The van der Waals surface area contributed by atoms with Gasteiger partial charge in [0.2, 0.25) is 11.0 Å². The van der Waals surface area contributed by atoms with Crippen molar-refractivity contribution >= 4 is 56.8 Å². The minimum absolute atomic E-state index is 0.00607. The van der Waals surface area contributed by atoms with Crippen molar-refractivity contribution in [1.82, 2.24) is 15.7 Å². The number of carbonyl (C=O) groups is 6. The standard InChI is InChI=1S/C27H37N3O11S2/c1-2-3-8-12-28-22(31)11-13-42-26(35)20(14-24(33)41-30-23(32)15-21(25(30)34)43(37,38)39)29-27(36)40-16-19-17-9-6-4-5-7-10-18(17)19/h17-21H,2-3,6-16H2,1H3,(H,28,31)(H,29,36)(H,37,38,39). The topological polar surface area (TPSA) is 203 Å². The van der Waals surface area contributed by atoms with Crippen LogP contribution in [0, 0.1) is 29.6 Å². The van der Waals surface area contributed by atoms with E-state index in [1.165, 1.54) is 0 Å². The minimum Gasteiger partial charge on any atom is -0.449 e. The zero-order chi connectivity index (χ0) is 31.6. The van der Waals surface area contributed by atoms with E-state index in [9.17, 15) is 37.2 Å². The van der Waals surface area contributed by atoms with Crippen molar-refractivity contribution in [1.29, 1.82) is 0 Å². The molecular formula is C27H37N3O11S2. The lowest BCUT2D eigenvalue weighted by Gasteiger charge is -2.18. The Morgan fingerprint density at radius 1 is 1.12 bits per heavy atom. The Morgan fingerprint density at radius 3 is 2.40 bits per heavy atom. The predicted octanol–water partition coefficient (Wildman–Crippen LogP) is 1.34. The zero-order valence-electron chi connectivity index (χ0n) is 23.9. The van der Waals surface area contributed by atoms with Crippen molar-refractivity contribution < 1.29 is 51.3 Å². The molecule has 1 saturated carbocycles. The van der Waals surface area contributed by atoms with Crippen molar-refractivity contribution in [2.45, 2.75) is 82.4 Å². The number of unbranched alkanes of at least 4 members (excludes halogenated alkanes) is 2. The molecule has 14 nitrogen and oxygen atoms in total. The van der Waals surface area contributed by atoms with Crippen molar-refractivity contribution in [3.05, 3.63) is 0 Å². The van der Waals surface area contributed by atoms with Crippen molar-refractivity contribution in [2.75, 3.05) is 18.9 Å². The summed E-state index contributed by atoms with van der Waals surface area (Å²) in [6.07, 6.45) is 3.47. The average molecular weight is 644 g/mol. The number of ether oxygens (including phenoxy) is 1. The maximum atomic E-state index is 13.0. The smallest absolute Gasteiger partial charge is 0.407 e. The molecule has 0 aromatic heterocycles. The molecule has 16 heteroatoms. The summed E-state index contributed by atoms with van der Waals surface area (Å²) in [7, 11) is -4.93. The molecule has 2 fully saturated rings. The first kappa shape index (κ1) is 34.3. The molecule has 3 rings (SSSR count). The van der Waals surface area contributed by atoms with Crippen LogP contribution in [0.25, 0.3) is 0 Å². The average Bonchev–Trinajstić information content (AvgIpc) is 3.48. The Bertz CT molecular complexity index is 1240. The Morgan fingerprint density at radius 2 is 1.79 bits per heavy atom. The molecule has 238 valence electrons. The quantitative estimate of drug-likeness (QED) is 0.100. The van der Waals surface area contributed by atoms with Crippen LogP contribution in [0.5, 0.6) is 0 Å². The monoisotopic (exact) mass is 643 g/mol. The highest BCUT2D eigenvalue weighted by Gasteiger charge is 2.50. The molecule has 3 aliphatic rings. The maximum Gasteiger partial charge on any atom is 0.407 e. The van der Waals surface area contributed by atoms with E-state index >= 15 is 0 Å². The van der Waals surface area contributed by atoms with E-state index < -0.39 is 63.2 Å². The molecule has 1 aliphatic heterocycles. The molecular weight excluding hydrogens is 606 g/mol. The molecule has 0 bridgehead atoms. The SMILES string of the molecule is CCCCCNC(=O)CCSC(=O)C(CC(=O)ON1C(=O)CC(S(=O)(=O)O)C1=O)NC(=O)OCC1C2CCC#CCCC21. The van der Waals surface area contributed by atoms with Gasteiger partial charge in [-0.3, -0.25) is 23.7 Å². The number of thioether (sulfide) groups is 1. The van der Waals surface area contributed by atoms with Gasteiger partial charge in [0.25, 0.3) is 21.9 Å². The lowest BCUT2D eigenvalue weighted by Crippen LogP contribution is -2.44. The van der Waals surface area contributed by atoms with E-state index in [0.29, 0.717) is 30.1 Å². The summed E-state index contributed by atoms with van der Waals surface area (Å²) in [5, 5.41) is 2.16. The van der Waals surface area contributed by atoms with Crippen molar-refractivity contribution in [3.8, 4) is 11.8 Å². The molecule has 4 amide bonds. The lowest BCUT2D eigenvalue weighted by molar-refractivity contribution is -0.197. The van der Waals surface area contributed by atoms with Crippen molar-refractivity contribution in [3.63, 3.8) is 0 Å². The third kappa shape index (κ3) is 10.5. The third-order valence-electron chi connectivity index (χ3n) is 7.48. The molecule has 4 unspecified atom stereocenters. The fraction of sp³-hybridized carbons (Fsp3) is 0.704. The number of nitrogens with one attached hydrogen (secondary N) is 2. The minimum atomic E-state index is -4.93. The summed E-state index contributed by atoms with van der Waals surface area (Å²) >= 11 is 0.694. The van der Waals surface area contributed by atoms with E-state index in [1.54, 1.807) is 0 Å². The molecule has 3 N–H and O–H groups in total. The summed E-state index contributed by atoms with van der Waals surface area (Å²) in [6.45, 7) is 2.66. The number of nitrogens with zero attached hydrogens (tertiary/aromatic N) is 1. The fourth-order valence-corrected chi connectivity index (χ4v) is 6.62. The number of carbonyl (C=O) groups excluding carboxylic acids is 6. The van der Waals surface area contributed by atoms with Crippen LogP contribution in [0.2, 0.25) is 0 Å². The summed E-state index contributed by atoms with van der Waals surface area (Å²) in [6, 6.07) is -1.51. The third-order valence-corrected chi connectivity index (χ3v) is 9.55. The van der Waals surface area contributed by atoms with Gasteiger partial charge < -0.3 is 20.2 Å². The van der Waals surface area contributed by atoms with E-state index in [2.05, 4.69) is 22.5 Å². The number of hydrogen-bond acceptors (Lipinski definition) is 11. The Labute approximate surface area is 254 Å². The molecule has 1 saturated heterocycles. The van der Waals surface area contributed by atoms with Crippen molar-refractivity contribution in [2.24, 2.45) is 17.8 Å². The fourth-order valence-electron chi connectivity index (χ4n) is 5.08. The van der Waals surface area contributed by atoms with Gasteiger partial charge in [0.1, 0.15) is 6.04 Å². The second-order valence-electron chi connectivity index (χ2n) is 10.6. The van der Waals surface area contributed by atoms with Crippen LogP contribution >= 0.6 is 11.8 Å². The van der Waals surface area contributed by atoms with Gasteiger partial charge in [0, 0.05) is 31.6 Å². The van der Waals surface area contributed by atoms with Crippen LogP contribution in [-0.2, 0) is 43.7 Å². The second kappa shape index (κ2) is 16.1. The van der Waals surface area contributed by atoms with E-state index in [0.717, 1.165) is 44.9 Å². The van der Waals surface area contributed by atoms with Crippen LogP contribution in [-0.4, -0.2) is 83.1 Å². The second-order valence-corrected chi connectivity index (χ2v) is 13.3. The number of amides is 4. The molecule has 43 heavy (non-hydrogen) atoms. The molecule has 0 aromatic carbocycles. The number of imide groups is 1. The molecule has 0 radical (unpaired) electrons. The molecule has 2 aliphatic carbocycles. The highest BCUT2D eigenvalue weighted by atomic mass is 32.2. The van der Waals surface area contributed by atoms with Crippen LogP contribution in [0.4, 0.5) is 4.79 Å². The van der Waals surface area contributed by atoms with Gasteiger partial charge in [-0.1, -0.05) is 31.5 Å². The maximum absolute atomic E-state index is 13.0. The van der Waals surface area contributed by atoms with Crippen LogP contribution in [0.3, 0.4) is 0 Å².